The van der Waals surface area contributed by atoms with Gasteiger partial charge >= 0.3 is 0 Å². The number of benzene rings is 2. The van der Waals surface area contributed by atoms with Crippen LogP contribution in [-0.2, 0) is 0 Å². The molecule has 0 spiro atoms. The molecule has 0 unspecified atom stereocenters. The number of carbonyl (C=O) groups is 1. The van der Waals surface area contributed by atoms with E-state index >= 15 is 0 Å². The van der Waals surface area contributed by atoms with Gasteiger partial charge < -0.3 is 0 Å². The minimum absolute atomic E-state index is 0.209. The number of hydrogen-bond donors (Lipinski definition) is 1. The van der Waals surface area contributed by atoms with Gasteiger partial charge in [-0.15, -0.1) is 0 Å². The Morgan fingerprint density at radius 3 is 2.61 bits per heavy atom. The van der Waals surface area contributed by atoms with Crippen LogP contribution in [0.25, 0.3) is 0 Å². The second kappa shape index (κ2) is 5.77. The Kier molecular flexibility index (Phi) is 3.86. The number of amides is 1. The van der Waals surface area contributed by atoms with Crippen molar-refractivity contribution in [2.45, 2.75) is 6.92 Å². The van der Waals surface area contributed by atoms with E-state index in [4.69, 9.17) is 0 Å². The summed E-state index contributed by atoms with van der Waals surface area (Å²) in [4.78, 5) is 11.7. The number of rotatable bonds is 3. The van der Waals surface area contributed by atoms with Gasteiger partial charge in [0.1, 0.15) is 0 Å². The summed E-state index contributed by atoms with van der Waals surface area (Å²) < 4.78 is 0. The van der Waals surface area contributed by atoms with E-state index in [9.17, 15) is 4.79 Å². The Hall–Kier alpha value is -2.42. The Bertz CT molecular complexity index is 562. The predicted octanol–water partition coefficient (Wildman–Crippen LogP) is 2.76. The number of hydrazone groups is 1. The lowest BCUT2D eigenvalue weighted by Crippen LogP contribution is -2.17. The minimum Gasteiger partial charge on any atom is -0.267 e. The van der Waals surface area contributed by atoms with Crippen molar-refractivity contribution < 1.29 is 4.79 Å². The summed E-state index contributed by atoms with van der Waals surface area (Å²) in [6.07, 6.45) is 1.63. The van der Waals surface area contributed by atoms with Gasteiger partial charge in [0.2, 0.25) is 0 Å². The van der Waals surface area contributed by atoms with Gasteiger partial charge in [0.05, 0.1) is 6.21 Å². The molecule has 1 amide bonds. The quantitative estimate of drug-likeness (QED) is 0.648. The highest BCUT2D eigenvalue weighted by Gasteiger charge is 2.01. The summed E-state index contributed by atoms with van der Waals surface area (Å²) in [5.41, 5.74) is 5.22. The lowest BCUT2D eigenvalue weighted by Gasteiger charge is -1.99. The molecule has 1 N–H and O–H groups in total. The van der Waals surface area contributed by atoms with Crippen LogP contribution in [0.2, 0.25) is 0 Å². The number of carbonyl (C=O) groups excluding carboxylic acids is 1. The van der Waals surface area contributed by atoms with Crippen molar-refractivity contribution in [1.29, 1.82) is 0 Å². The molecule has 0 aliphatic carbocycles. The largest absolute Gasteiger partial charge is 0.271 e. The molecule has 0 bridgehead atoms. The van der Waals surface area contributed by atoms with Gasteiger partial charge in [-0.3, -0.25) is 4.79 Å². The molecular formula is C15H14N2O. The topological polar surface area (TPSA) is 41.5 Å². The van der Waals surface area contributed by atoms with Gasteiger partial charge in [-0.25, -0.2) is 5.43 Å². The summed E-state index contributed by atoms with van der Waals surface area (Å²) in [6.45, 7) is 2.01. The maximum absolute atomic E-state index is 11.7. The van der Waals surface area contributed by atoms with E-state index in [1.807, 2.05) is 49.4 Å². The van der Waals surface area contributed by atoms with Crippen LogP contribution in [-0.4, -0.2) is 12.1 Å². The summed E-state index contributed by atoms with van der Waals surface area (Å²) in [5, 5.41) is 3.93. The van der Waals surface area contributed by atoms with E-state index < -0.39 is 0 Å². The summed E-state index contributed by atoms with van der Waals surface area (Å²) in [5.74, 6) is -0.209. The zero-order chi connectivity index (χ0) is 12.8. The van der Waals surface area contributed by atoms with Gasteiger partial charge in [0.15, 0.2) is 0 Å². The van der Waals surface area contributed by atoms with Crippen LogP contribution >= 0.6 is 0 Å². The first kappa shape index (κ1) is 12.0. The number of hydrogen-bond acceptors (Lipinski definition) is 2. The Labute approximate surface area is 106 Å². The van der Waals surface area contributed by atoms with E-state index in [1.165, 1.54) is 0 Å². The first-order valence-corrected chi connectivity index (χ1v) is 5.71. The number of aryl methyl sites for hydroxylation is 1. The van der Waals surface area contributed by atoms with Gasteiger partial charge in [-0.05, 0) is 24.6 Å². The Morgan fingerprint density at radius 2 is 1.89 bits per heavy atom. The van der Waals surface area contributed by atoms with E-state index in [0.29, 0.717) is 5.56 Å². The highest BCUT2D eigenvalue weighted by atomic mass is 16.2. The summed E-state index contributed by atoms with van der Waals surface area (Å²) >= 11 is 0. The highest BCUT2D eigenvalue weighted by Crippen LogP contribution is 2.01. The molecule has 18 heavy (non-hydrogen) atoms. The molecular weight excluding hydrogens is 224 g/mol. The van der Waals surface area contributed by atoms with Gasteiger partial charge in [-0.2, -0.15) is 5.10 Å². The van der Waals surface area contributed by atoms with E-state index in [-0.39, 0.29) is 5.91 Å². The minimum atomic E-state index is -0.209. The molecule has 90 valence electrons. The van der Waals surface area contributed by atoms with Crippen molar-refractivity contribution in [2.75, 3.05) is 0 Å². The molecule has 0 heterocycles. The Morgan fingerprint density at radius 1 is 1.11 bits per heavy atom. The smallest absolute Gasteiger partial charge is 0.267 e. The zero-order valence-corrected chi connectivity index (χ0v) is 10.1. The van der Waals surface area contributed by atoms with Crippen molar-refractivity contribution >= 4 is 12.1 Å². The maximum atomic E-state index is 11.7. The standard InChI is InChI=1S/C15H14N2O/c1-12-6-5-7-13(10-12)11-16-17-15(18)14-8-3-2-4-9-14/h2-11H,1H3,(H,17,18)/b16-11+. The Balaban J connectivity index is 1.98. The molecule has 0 aromatic heterocycles. The fourth-order valence-electron chi connectivity index (χ4n) is 1.57. The van der Waals surface area contributed by atoms with Crippen LogP contribution in [0.3, 0.4) is 0 Å². The maximum Gasteiger partial charge on any atom is 0.271 e. The van der Waals surface area contributed by atoms with Crippen molar-refractivity contribution in [2.24, 2.45) is 5.10 Å². The SMILES string of the molecule is Cc1cccc(/C=N/NC(=O)c2ccccc2)c1. The monoisotopic (exact) mass is 238 g/mol. The average molecular weight is 238 g/mol. The summed E-state index contributed by atoms with van der Waals surface area (Å²) in [6, 6.07) is 16.9. The van der Waals surface area contributed by atoms with Crippen molar-refractivity contribution in [1.82, 2.24) is 5.43 Å². The molecule has 3 heteroatoms. The third-order valence-electron chi connectivity index (χ3n) is 2.46. The molecule has 2 rings (SSSR count). The second-order valence-corrected chi connectivity index (χ2v) is 3.98. The zero-order valence-electron chi connectivity index (χ0n) is 10.1. The molecule has 2 aromatic carbocycles. The summed E-state index contributed by atoms with van der Waals surface area (Å²) in [7, 11) is 0. The van der Waals surface area contributed by atoms with Crippen LogP contribution in [0.1, 0.15) is 21.5 Å². The van der Waals surface area contributed by atoms with Crippen molar-refractivity contribution in [3.63, 3.8) is 0 Å². The molecule has 3 nitrogen and oxygen atoms in total. The second-order valence-electron chi connectivity index (χ2n) is 3.98. The van der Waals surface area contributed by atoms with E-state index in [2.05, 4.69) is 10.5 Å². The van der Waals surface area contributed by atoms with Crippen LogP contribution in [0.5, 0.6) is 0 Å². The third-order valence-corrected chi connectivity index (χ3v) is 2.46. The lowest BCUT2D eigenvalue weighted by molar-refractivity contribution is 0.0955. The molecule has 0 atom stereocenters. The predicted molar refractivity (Wildman–Crippen MR) is 72.7 cm³/mol. The van der Waals surface area contributed by atoms with Crippen LogP contribution in [0, 0.1) is 6.92 Å². The number of nitrogens with zero attached hydrogens (tertiary/aromatic N) is 1. The number of nitrogens with one attached hydrogen (secondary N) is 1. The third kappa shape index (κ3) is 3.28. The highest BCUT2D eigenvalue weighted by molar-refractivity contribution is 5.94. The van der Waals surface area contributed by atoms with Crippen LogP contribution in [0.4, 0.5) is 0 Å². The fourth-order valence-corrected chi connectivity index (χ4v) is 1.57. The first-order chi connectivity index (χ1) is 8.75. The normalized spacial score (nSPS) is 10.5. The van der Waals surface area contributed by atoms with Gasteiger partial charge in [0, 0.05) is 5.56 Å². The fraction of sp³-hybridized carbons (Fsp3) is 0.0667. The molecule has 0 aliphatic heterocycles. The lowest BCUT2D eigenvalue weighted by atomic mass is 10.2. The van der Waals surface area contributed by atoms with Crippen LogP contribution < -0.4 is 5.43 Å². The van der Waals surface area contributed by atoms with Gasteiger partial charge in [0.25, 0.3) is 5.91 Å². The van der Waals surface area contributed by atoms with Crippen LogP contribution in [0.15, 0.2) is 59.7 Å². The van der Waals surface area contributed by atoms with Crippen molar-refractivity contribution in [3.8, 4) is 0 Å². The molecule has 0 saturated carbocycles. The first-order valence-electron chi connectivity index (χ1n) is 5.71. The molecule has 0 saturated heterocycles. The molecule has 0 fully saturated rings. The van der Waals surface area contributed by atoms with E-state index in [0.717, 1.165) is 11.1 Å². The van der Waals surface area contributed by atoms with Crippen molar-refractivity contribution in [3.05, 3.63) is 71.3 Å². The molecule has 2 aromatic rings. The molecule has 0 radical (unpaired) electrons. The van der Waals surface area contributed by atoms with Gasteiger partial charge in [-0.1, -0.05) is 48.0 Å². The van der Waals surface area contributed by atoms with E-state index in [1.54, 1.807) is 18.3 Å². The average Bonchev–Trinajstić information content (AvgIpc) is 2.40. The molecule has 0 aliphatic rings.